The Hall–Kier alpha value is -1.80. The van der Waals surface area contributed by atoms with E-state index in [9.17, 15) is 0 Å². The van der Waals surface area contributed by atoms with Crippen LogP contribution in [-0.2, 0) is 17.9 Å². The second-order valence-corrected chi connectivity index (χ2v) is 5.62. The summed E-state index contributed by atoms with van der Waals surface area (Å²) in [7, 11) is 1.66. The minimum atomic E-state index is 0. The van der Waals surface area contributed by atoms with Crippen molar-refractivity contribution >= 4 is 29.9 Å². The molecule has 2 aromatic rings. The molecular formula is C19H26IN3O2. The van der Waals surface area contributed by atoms with Crippen LogP contribution in [0.3, 0.4) is 0 Å². The number of nitrogens with zero attached hydrogens (tertiary/aromatic N) is 1. The Morgan fingerprint density at radius 1 is 1.08 bits per heavy atom. The molecule has 2 rings (SSSR count). The number of hydrogen-bond donors (Lipinski definition) is 2. The maximum atomic E-state index is 5.86. The van der Waals surface area contributed by atoms with E-state index in [1.165, 1.54) is 0 Å². The number of nitrogens with one attached hydrogen (secondary N) is 1. The molecule has 0 aliphatic carbocycles. The molecule has 2 aromatic carbocycles. The Morgan fingerprint density at radius 2 is 1.72 bits per heavy atom. The molecule has 0 aliphatic rings. The summed E-state index contributed by atoms with van der Waals surface area (Å²) in [5.74, 6) is 1.30. The van der Waals surface area contributed by atoms with E-state index in [0.29, 0.717) is 25.7 Å². The predicted octanol–water partition coefficient (Wildman–Crippen LogP) is 3.32. The molecule has 1 unspecified atom stereocenters. The van der Waals surface area contributed by atoms with Gasteiger partial charge in [-0.15, -0.1) is 24.0 Å². The molecule has 0 fully saturated rings. The SMILES string of the molecule is COCC(C)NC(N)=NCc1ccc(COc2ccccc2)cc1.I. The summed E-state index contributed by atoms with van der Waals surface area (Å²) >= 11 is 0. The van der Waals surface area contributed by atoms with Crippen LogP contribution >= 0.6 is 24.0 Å². The Kier molecular flexibility index (Phi) is 9.94. The van der Waals surface area contributed by atoms with Crippen LogP contribution in [-0.4, -0.2) is 25.7 Å². The van der Waals surface area contributed by atoms with Gasteiger partial charge in [-0.05, 0) is 30.2 Å². The highest BCUT2D eigenvalue weighted by Gasteiger charge is 2.01. The molecular weight excluding hydrogens is 429 g/mol. The Bertz CT molecular complexity index is 633. The van der Waals surface area contributed by atoms with Gasteiger partial charge in [0.15, 0.2) is 5.96 Å². The first-order valence-corrected chi connectivity index (χ1v) is 7.98. The lowest BCUT2D eigenvalue weighted by molar-refractivity contribution is 0.179. The number of ether oxygens (including phenoxy) is 2. The van der Waals surface area contributed by atoms with Crippen molar-refractivity contribution in [2.45, 2.75) is 26.1 Å². The monoisotopic (exact) mass is 455 g/mol. The first-order valence-electron chi connectivity index (χ1n) is 7.98. The van der Waals surface area contributed by atoms with Gasteiger partial charge in [-0.25, -0.2) is 4.99 Å². The topological polar surface area (TPSA) is 68.9 Å². The van der Waals surface area contributed by atoms with Crippen LogP contribution in [0.15, 0.2) is 59.6 Å². The third-order valence-corrected chi connectivity index (χ3v) is 3.41. The maximum absolute atomic E-state index is 5.86. The van der Waals surface area contributed by atoms with E-state index in [1.54, 1.807) is 7.11 Å². The second kappa shape index (κ2) is 11.7. The van der Waals surface area contributed by atoms with Gasteiger partial charge in [-0.2, -0.15) is 0 Å². The number of methoxy groups -OCH3 is 1. The molecule has 25 heavy (non-hydrogen) atoms. The largest absolute Gasteiger partial charge is 0.489 e. The first kappa shape index (κ1) is 21.2. The normalized spacial score (nSPS) is 12.2. The van der Waals surface area contributed by atoms with Crippen molar-refractivity contribution in [3.8, 4) is 5.75 Å². The van der Waals surface area contributed by atoms with E-state index in [4.69, 9.17) is 15.2 Å². The third-order valence-electron chi connectivity index (χ3n) is 3.41. The lowest BCUT2D eigenvalue weighted by atomic mass is 10.1. The molecule has 0 aromatic heterocycles. The van der Waals surface area contributed by atoms with Gasteiger partial charge in [-0.3, -0.25) is 0 Å². The molecule has 0 spiro atoms. The van der Waals surface area contributed by atoms with E-state index in [0.717, 1.165) is 16.9 Å². The van der Waals surface area contributed by atoms with Crippen molar-refractivity contribution in [3.63, 3.8) is 0 Å². The number of nitrogens with two attached hydrogens (primary N) is 1. The van der Waals surface area contributed by atoms with Crippen molar-refractivity contribution < 1.29 is 9.47 Å². The summed E-state index contributed by atoms with van der Waals surface area (Å²) < 4.78 is 10.8. The molecule has 0 saturated heterocycles. The number of aliphatic imine (C=N–C) groups is 1. The quantitative estimate of drug-likeness (QED) is 0.364. The summed E-state index contributed by atoms with van der Waals surface area (Å²) in [5.41, 5.74) is 8.07. The van der Waals surface area contributed by atoms with Crippen LogP contribution in [0, 0.1) is 0 Å². The molecule has 6 heteroatoms. The molecule has 0 bridgehead atoms. The molecule has 0 amide bonds. The molecule has 0 radical (unpaired) electrons. The highest BCUT2D eigenvalue weighted by Crippen LogP contribution is 2.12. The minimum absolute atomic E-state index is 0. The van der Waals surface area contributed by atoms with Crippen LogP contribution in [0.2, 0.25) is 0 Å². The molecule has 0 heterocycles. The van der Waals surface area contributed by atoms with Crippen molar-refractivity contribution in [2.75, 3.05) is 13.7 Å². The summed E-state index contributed by atoms with van der Waals surface area (Å²) in [6, 6.07) is 18.1. The number of rotatable bonds is 8. The van der Waals surface area contributed by atoms with E-state index < -0.39 is 0 Å². The van der Waals surface area contributed by atoms with Gasteiger partial charge in [-0.1, -0.05) is 42.5 Å². The van der Waals surface area contributed by atoms with Gasteiger partial charge in [0.25, 0.3) is 0 Å². The number of benzene rings is 2. The summed E-state index contributed by atoms with van der Waals surface area (Å²) in [6.07, 6.45) is 0. The van der Waals surface area contributed by atoms with Crippen LogP contribution in [0.4, 0.5) is 0 Å². The van der Waals surface area contributed by atoms with Crippen molar-refractivity contribution in [3.05, 3.63) is 65.7 Å². The maximum Gasteiger partial charge on any atom is 0.189 e. The van der Waals surface area contributed by atoms with Gasteiger partial charge < -0.3 is 20.5 Å². The van der Waals surface area contributed by atoms with Crippen molar-refractivity contribution in [1.29, 1.82) is 0 Å². The van der Waals surface area contributed by atoms with E-state index >= 15 is 0 Å². The smallest absolute Gasteiger partial charge is 0.189 e. The number of halogens is 1. The summed E-state index contributed by atoms with van der Waals surface area (Å²) in [4.78, 5) is 4.34. The number of para-hydroxylation sites is 1. The Labute approximate surface area is 166 Å². The fourth-order valence-electron chi connectivity index (χ4n) is 2.19. The molecule has 0 aliphatic heterocycles. The average molecular weight is 455 g/mol. The Morgan fingerprint density at radius 3 is 2.36 bits per heavy atom. The van der Waals surface area contributed by atoms with Crippen molar-refractivity contribution in [1.82, 2.24) is 5.32 Å². The van der Waals surface area contributed by atoms with E-state index in [1.807, 2.05) is 61.5 Å². The highest BCUT2D eigenvalue weighted by molar-refractivity contribution is 14.0. The molecule has 0 saturated carbocycles. The summed E-state index contributed by atoms with van der Waals surface area (Å²) in [5, 5.41) is 3.08. The van der Waals surface area contributed by atoms with Crippen LogP contribution in [0.5, 0.6) is 5.75 Å². The summed E-state index contributed by atoms with van der Waals surface area (Å²) in [6.45, 7) is 3.67. The van der Waals surface area contributed by atoms with E-state index in [2.05, 4.69) is 10.3 Å². The van der Waals surface area contributed by atoms with Crippen LogP contribution in [0.25, 0.3) is 0 Å². The zero-order chi connectivity index (χ0) is 17.2. The van der Waals surface area contributed by atoms with Gasteiger partial charge >= 0.3 is 0 Å². The van der Waals surface area contributed by atoms with E-state index in [-0.39, 0.29) is 30.0 Å². The minimum Gasteiger partial charge on any atom is -0.489 e. The molecule has 5 nitrogen and oxygen atoms in total. The van der Waals surface area contributed by atoms with Crippen LogP contribution < -0.4 is 15.8 Å². The fourth-order valence-corrected chi connectivity index (χ4v) is 2.19. The van der Waals surface area contributed by atoms with Gasteiger partial charge in [0, 0.05) is 13.2 Å². The molecule has 3 N–H and O–H groups in total. The molecule has 1 atom stereocenters. The van der Waals surface area contributed by atoms with Gasteiger partial charge in [0.05, 0.1) is 13.2 Å². The zero-order valence-electron chi connectivity index (χ0n) is 14.6. The van der Waals surface area contributed by atoms with Crippen molar-refractivity contribution in [2.24, 2.45) is 10.7 Å². The lowest BCUT2D eigenvalue weighted by Crippen LogP contribution is -2.40. The lowest BCUT2D eigenvalue weighted by Gasteiger charge is -2.13. The standard InChI is InChI=1S/C19H25N3O2.HI/c1-15(13-23-2)22-19(20)21-12-16-8-10-17(11-9-16)14-24-18-6-4-3-5-7-18;/h3-11,15H,12-14H2,1-2H3,(H3,20,21,22);1H. The van der Waals surface area contributed by atoms with Gasteiger partial charge in [0.2, 0.25) is 0 Å². The number of guanidine groups is 1. The average Bonchev–Trinajstić information content (AvgIpc) is 2.60. The molecule has 136 valence electrons. The predicted molar refractivity (Wildman–Crippen MR) is 112 cm³/mol. The highest BCUT2D eigenvalue weighted by atomic mass is 127. The number of hydrogen-bond acceptors (Lipinski definition) is 3. The first-order chi connectivity index (χ1) is 11.7. The Balaban J connectivity index is 0.00000312. The van der Waals surface area contributed by atoms with Gasteiger partial charge in [0.1, 0.15) is 12.4 Å². The second-order valence-electron chi connectivity index (χ2n) is 5.62. The third kappa shape index (κ3) is 8.22. The van der Waals surface area contributed by atoms with Crippen LogP contribution in [0.1, 0.15) is 18.1 Å². The fraction of sp³-hybridized carbons (Fsp3) is 0.316. The zero-order valence-corrected chi connectivity index (χ0v) is 17.0.